The number of benzene rings is 3. The molecule has 0 radical (unpaired) electrons. The van der Waals surface area contributed by atoms with Gasteiger partial charge in [0.1, 0.15) is 12.6 Å². The highest BCUT2D eigenvalue weighted by Crippen LogP contribution is 2.44. The van der Waals surface area contributed by atoms with E-state index in [1.807, 2.05) is 55.5 Å². The van der Waals surface area contributed by atoms with Gasteiger partial charge in [-0.1, -0.05) is 66.2 Å². The van der Waals surface area contributed by atoms with E-state index in [0.29, 0.717) is 12.8 Å². The predicted molar refractivity (Wildman–Crippen MR) is 140 cm³/mol. The number of nitrogens with one attached hydrogen (secondary N) is 2. The number of carbonyl (C=O) groups is 2. The van der Waals surface area contributed by atoms with Crippen molar-refractivity contribution in [3.63, 3.8) is 0 Å². The van der Waals surface area contributed by atoms with Crippen molar-refractivity contribution in [2.24, 2.45) is 0 Å². The van der Waals surface area contributed by atoms with Gasteiger partial charge in [-0.15, -0.1) is 0 Å². The molecule has 0 aromatic heterocycles. The average Bonchev–Trinajstić information content (AvgIpc) is 3.20. The molecule has 0 unspecified atom stereocenters. The smallest absolute Gasteiger partial charge is 0.407 e. The normalized spacial score (nSPS) is 13.4. The second-order valence-electron chi connectivity index (χ2n) is 9.07. The third kappa shape index (κ3) is 6.36. The van der Waals surface area contributed by atoms with Crippen molar-refractivity contribution in [2.75, 3.05) is 13.2 Å². The number of amides is 1. The fourth-order valence-electron chi connectivity index (χ4n) is 4.52. The first-order chi connectivity index (χ1) is 17.8. The molecule has 1 aliphatic carbocycles. The highest BCUT2D eigenvalue weighted by Gasteiger charge is 2.29. The van der Waals surface area contributed by atoms with Gasteiger partial charge in [0.25, 0.3) is 0 Å². The van der Waals surface area contributed by atoms with E-state index in [4.69, 9.17) is 4.74 Å². The van der Waals surface area contributed by atoms with Crippen LogP contribution in [0.1, 0.15) is 41.9 Å². The van der Waals surface area contributed by atoms with Crippen LogP contribution >= 0.6 is 0 Å². The summed E-state index contributed by atoms with van der Waals surface area (Å²) in [6.45, 7) is 2.12. The molecule has 0 spiro atoms. The minimum absolute atomic E-state index is 0.0903. The van der Waals surface area contributed by atoms with Crippen LogP contribution in [0.5, 0.6) is 0 Å². The number of ether oxygens (including phenoxy) is 1. The first-order valence-electron chi connectivity index (χ1n) is 12.2. The number of aliphatic carboxylic acids is 1. The number of hydrogen-bond donors (Lipinski definition) is 3. The molecule has 0 saturated heterocycles. The van der Waals surface area contributed by atoms with Crippen molar-refractivity contribution in [2.45, 2.75) is 43.0 Å². The van der Waals surface area contributed by atoms with Crippen LogP contribution in [0.25, 0.3) is 11.1 Å². The Balaban J connectivity index is 1.25. The molecule has 3 aromatic rings. The summed E-state index contributed by atoms with van der Waals surface area (Å²) in [6.07, 6.45) is 0.165. The van der Waals surface area contributed by atoms with Crippen molar-refractivity contribution in [3.05, 3.63) is 89.5 Å². The molecule has 0 aliphatic heterocycles. The Kier molecular flexibility index (Phi) is 8.25. The van der Waals surface area contributed by atoms with Gasteiger partial charge in [-0.25, -0.2) is 22.7 Å². The number of fused-ring (bicyclic) bond motifs is 3. The predicted octanol–water partition coefficient (Wildman–Crippen LogP) is 4.44. The van der Waals surface area contributed by atoms with E-state index in [-0.39, 0.29) is 30.4 Å². The molecule has 0 bridgehead atoms. The van der Waals surface area contributed by atoms with Crippen LogP contribution in [0.15, 0.2) is 77.7 Å². The summed E-state index contributed by atoms with van der Waals surface area (Å²) in [6, 6.07) is 21.3. The van der Waals surface area contributed by atoms with Crippen LogP contribution in [0.3, 0.4) is 0 Å². The Morgan fingerprint density at radius 1 is 0.919 bits per heavy atom. The van der Waals surface area contributed by atoms with Crippen molar-refractivity contribution in [3.8, 4) is 11.1 Å². The molecule has 8 nitrogen and oxygen atoms in total. The summed E-state index contributed by atoms with van der Waals surface area (Å²) >= 11 is 0. The summed E-state index contributed by atoms with van der Waals surface area (Å²) < 4.78 is 32.7. The Labute approximate surface area is 216 Å². The van der Waals surface area contributed by atoms with Gasteiger partial charge >= 0.3 is 12.1 Å². The lowest BCUT2D eigenvalue weighted by molar-refractivity contribution is -0.139. The zero-order valence-electron chi connectivity index (χ0n) is 20.5. The van der Waals surface area contributed by atoms with E-state index >= 15 is 0 Å². The van der Waals surface area contributed by atoms with Crippen LogP contribution in [0.4, 0.5) is 4.79 Å². The van der Waals surface area contributed by atoms with Gasteiger partial charge < -0.3 is 15.2 Å². The maximum atomic E-state index is 12.5. The quantitative estimate of drug-likeness (QED) is 0.320. The fraction of sp³-hybridized carbons (Fsp3) is 0.286. The highest BCUT2D eigenvalue weighted by molar-refractivity contribution is 7.89. The Hall–Kier alpha value is -3.69. The van der Waals surface area contributed by atoms with Gasteiger partial charge in [-0.2, -0.15) is 0 Å². The van der Waals surface area contributed by atoms with Crippen LogP contribution in [0.2, 0.25) is 0 Å². The second kappa shape index (κ2) is 11.6. The number of carboxylic acids is 1. The van der Waals surface area contributed by atoms with Crippen LogP contribution < -0.4 is 10.0 Å². The largest absolute Gasteiger partial charge is 0.480 e. The summed E-state index contributed by atoms with van der Waals surface area (Å²) in [4.78, 5) is 24.3. The van der Waals surface area contributed by atoms with E-state index in [1.54, 1.807) is 12.1 Å². The molecule has 1 amide bonds. The van der Waals surface area contributed by atoms with Gasteiger partial charge in [-0.05, 0) is 60.6 Å². The van der Waals surface area contributed by atoms with Gasteiger partial charge in [0.15, 0.2) is 0 Å². The average molecular weight is 523 g/mol. The molecule has 0 heterocycles. The fourth-order valence-corrected chi connectivity index (χ4v) is 5.59. The van der Waals surface area contributed by atoms with E-state index in [0.717, 1.165) is 27.8 Å². The Morgan fingerprint density at radius 2 is 1.51 bits per heavy atom. The molecule has 3 N–H and O–H groups in total. The lowest BCUT2D eigenvalue weighted by Gasteiger charge is -2.17. The Bertz CT molecular complexity index is 1330. The number of hydrogen-bond acceptors (Lipinski definition) is 5. The van der Waals surface area contributed by atoms with E-state index < -0.39 is 28.1 Å². The van der Waals surface area contributed by atoms with Crippen LogP contribution in [-0.2, 0) is 19.6 Å². The molecular weight excluding hydrogens is 492 g/mol. The summed E-state index contributed by atoms with van der Waals surface area (Å²) in [7, 11) is -3.63. The van der Waals surface area contributed by atoms with Gasteiger partial charge in [0.05, 0.1) is 4.90 Å². The summed E-state index contributed by atoms with van der Waals surface area (Å²) in [5.41, 5.74) is 5.31. The number of alkyl carbamates (subject to hydrolysis) is 1. The number of carbonyl (C=O) groups excluding carboxylic acids is 1. The molecular formula is C28H30N2O6S. The standard InChI is InChI=1S/C28H30N2O6S/c1-19-13-15-20(16-14-19)37(34,35)29-17-7-6-12-26(27(31)32)30-28(33)36-18-25-23-10-4-2-8-21(23)22-9-3-5-11-24(22)25/h2-5,8-11,13-16,25-26,29H,6-7,12,17-18H2,1H3,(H,30,33)(H,31,32)/t26-/m0/s1. The van der Waals surface area contributed by atoms with Crippen molar-refractivity contribution in [1.82, 2.24) is 10.0 Å². The molecule has 1 atom stereocenters. The Morgan fingerprint density at radius 3 is 2.11 bits per heavy atom. The molecule has 9 heteroatoms. The number of unbranched alkanes of at least 4 members (excludes halogenated alkanes) is 1. The lowest BCUT2D eigenvalue weighted by Crippen LogP contribution is -2.41. The second-order valence-corrected chi connectivity index (χ2v) is 10.8. The van der Waals surface area contributed by atoms with Gasteiger partial charge in [0, 0.05) is 12.5 Å². The maximum absolute atomic E-state index is 12.5. The van der Waals surface area contributed by atoms with E-state index in [9.17, 15) is 23.1 Å². The first-order valence-corrected chi connectivity index (χ1v) is 13.7. The summed E-state index contributed by atoms with van der Waals surface area (Å²) in [5, 5.41) is 12.0. The molecule has 1 aliphatic rings. The zero-order chi connectivity index (χ0) is 26.4. The minimum Gasteiger partial charge on any atom is -0.480 e. The number of carboxylic acid groups (broad SMARTS) is 1. The van der Waals surface area contributed by atoms with Crippen molar-refractivity contribution < 1.29 is 27.9 Å². The van der Waals surface area contributed by atoms with E-state index in [2.05, 4.69) is 10.0 Å². The molecule has 3 aromatic carbocycles. The van der Waals surface area contributed by atoms with Gasteiger partial charge in [0.2, 0.25) is 10.0 Å². The monoisotopic (exact) mass is 522 g/mol. The number of aryl methyl sites for hydroxylation is 1. The molecule has 4 rings (SSSR count). The molecule has 37 heavy (non-hydrogen) atoms. The van der Waals surface area contributed by atoms with E-state index in [1.165, 1.54) is 12.1 Å². The van der Waals surface area contributed by atoms with Crippen LogP contribution in [0, 0.1) is 6.92 Å². The molecule has 0 saturated carbocycles. The van der Waals surface area contributed by atoms with Crippen molar-refractivity contribution in [1.29, 1.82) is 0 Å². The zero-order valence-corrected chi connectivity index (χ0v) is 21.3. The molecule has 194 valence electrons. The topological polar surface area (TPSA) is 122 Å². The minimum atomic E-state index is -3.63. The lowest BCUT2D eigenvalue weighted by atomic mass is 9.98. The van der Waals surface area contributed by atoms with Crippen molar-refractivity contribution >= 4 is 22.1 Å². The highest BCUT2D eigenvalue weighted by atomic mass is 32.2. The third-order valence-electron chi connectivity index (χ3n) is 6.48. The summed E-state index contributed by atoms with van der Waals surface area (Å²) in [5.74, 6) is -1.29. The van der Waals surface area contributed by atoms with Gasteiger partial charge in [-0.3, -0.25) is 0 Å². The van der Waals surface area contributed by atoms with Crippen LogP contribution in [-0.4, -0.2) is 44.8 Å². The SMILES string of the molecule is Cc1ccc(S(=O)(=O)NCCCC[C@H](NC(=O)OCC2c3ccccc3-c3ccccc32)C(=O)O)cc1. The molecule has 0 fully saturated rings. The number of rotatable bonds is 11. The number of sulfonamides is 1. The first kappa shape index (κ1) is 26.4. The third-order valence-corrected chi connectivity index (χ3v) is 7.95. The maximum Gasteiger partial charge on any atom is 0.407 e.